The number of para-hydroxylation sites is 2. The zero-order chi connectivity index (χ0) is 19.3. The number of anilines is 1. The summed E-state index contributed by atoms with van der Waals surface area (Å²) < 4.78 is 1.99. The van der Waals surface area contributed by atoms with Gasteiger partial charge in [0, 0.05) is 16.9 Å². The Labute approximate surface area is 161 Å². The Hall–Kier alpha value is -3.93. The Morgan fingerprint density at radius 2 is 1.57 bits per heavy atom. The molecule has 1 heterocycles. The number of carbonyl (C=O) groups is 2. The third kappa shape index (κ3) is 3.76. The topological polar surface area (TPSA) is 76.0 Å². The lowest BCUT2D eigenvalue weighted by molar-refractivity contribution is -0.115. The number of nitrogens with one attached hydrogen (secondary N) is 2. The van der Waals surface area contributed by atoms with E-state index in [1.807, 2.05) is 59.2 Å². The highest BCUT2D eigenvalue weighted by molar-refractivity contribution is 5.99. The molecule has 0 spiro atoms. The molecule has 3 aromatic carbocycles. The van der Waals surface area contributed by atoms with Crippen LogP contribution < -0.4 is 10.6 Å². The third-order valence-electron chi connectivity index (χ3n) is 4.33. The summed E-state index contributed by atoms with van der Waals surface area (Å²) in [5.74, 6) is -0.566. The SMILES string of the molecule is O=C(CNC(=O)c1ccccc1)Nc1ccc(-n2cnc3ccccc32)cc1. The van der Waals surface area contributed by atoms with Gasteiger partial charge in [0.15, 0.2) is 0 Å². The predicted molar refractivity (Wildman–Crippen MR) is 108 cm³/mol. The van der Waals surface area contributed by atoms with Gasteiger partial charge in [-0.1, -0.05) is 30.3 Å². The Bertz CT molecular complexity index is 1120. The number of hydrogen-bond acceptors (Lipinski definition) is 3. The maximum absolute atomic E-state index is 12.1. The normalized spacial score (nSPS) is 10.6. The molecule has 0 aliphatic carbocycles. The summed E-state index contributed by atoms with van der Waals surface area (Å²) in [5, 5.41) is 5.39. The number of imidazole rings is 1. The third-order valence-corrected chi connectivity index (χ3v) is 4.33. The summed E-state index contributed by atoms with van der Waals surface area (Å²) in [6.45, 7) is -0.0956. The first-order valence-corrected chi connectivity index (χ1v) is 8.86. The first-order valence-electron chi connectivity index (χ1n) is 8.86. The molecular weight excluding hydrogens is 352 g/mol. The first kappa shape index (κ1) is 17.5. The number of benzene rings is 3. The fraction of sp³-hybridized carbons (Fsp3) is 0.0455. The van der Waals surface area contributed by atoms with E-state index in [1.54, 1.807) is 30.6 Å². The lowest BCUT2D eigenvalue weighted by Crippen LogP contribution is -2.32. The molecule has 28 heavy (non-hydrogen) atoms. The van der Waals surface area contributed by atoms with Crippen LogP contribution in [0.4, 0.5) is 5.69 Å². The van der Waals surface area contributed by atoms with Crippen LogP contribution in [-0.4, -0.2) is 27.9 Å². The van der Waals surface area contributed by atoms with Crippen molar-refractivity contribution in [3.8, 4) is 5.69 Å². The minimum absolute atomic E-state index is 0.0956. The van der Waals surface area contributed by atoms with Gasteiger partial charge in [-0.25, -0.2) is 4.98 Å². The molecular formula is C22H18N4O2. The van der Waals surface area contributed by atoms with Gasteiger partial charge in [-0.15, -0.1) is 0 Å². The van der Waals surface area contributed by atoms with Gasteiger partial charge in [-0.3, -0.25) is 14.2 Å². The fourth-order valence-corrected chi connectivity index (χ4v) is 2.93. The molecule has 0 radical (unpaired) electrons. The number of carbonyl (C=O) groups excluding carboxylic acids is 2. The Morgan fingerprint density at radius 3 is 2.36 bits per heavy atom. The van der Waals surface area contributed by atoms with Gasteiger partial charge in [0.1, 0.15) is 6.33 Å². The molecule has 2 N–H and O–H groups in total. The van der Waals surface area contributed by atoms with Gasteiger partial charge in [0.25, 0.3) is 5.91 Å². The first-order chi connectivity index (χ1) is 13.7. The van der Waals surface area contributed by atoms with Crippen molar-refractivity contribution >= 4 is 28.5 Å². The molecule has 0 fully saturated rings. The van der Waals surface area contributed by atoms with Crippen LogP contribution in [0.5, 0.6) is 0 Å². The maximum atomic E-state index is 12.1. The standard InChI is InChI=1S/C22H18N4O2/c27-21(14-23-22(28)16-6-2-1-3-7-16)25-17-10-12-18(13-11-17)26-15-24-19-8-4-5-9-20(19)26/h1-13,15H,14H2,(H,23,28)(H,25,27). The predicted octanol–water partition coefficient (Wildman–Crippen LogP) is 3.39. The van der Waals surface area contributed by atoms with Crippen molar-refractivity contribution < 1.29 is 9.59 Å². The monoisotopic (exact) mass is 370 g/mol. The summed E-state index contributed by atoms with van der Waals surface area (Å²) in [4.78, 5) is 28.5. The molecule has 0 saturated heterocycles. The van der Waals surface area contributed by atoms with E-state index in [1.165, 1.54) is 0 Å². The van der Waals surface area contributed by atoms with E-state index in [4.69, 9.17) is 0 Å². The van der Waals surface area contributed by atoms with Crippen molar-refractivity contribution in [2.45, 2.75) is 0 Å². The number of aromatic nitrogens is 2. The number of amides is 2. The van der Waals surface area contributed by atoms with Crippen molar-refractivity contribution in [1.29, 1.82) is 0 Å². The van der Waals surface area contributed by atoms with E-state index < -0.39 is 0 Å². The van der Waals surface area contributed by atoms with Gasteiger partial charge >= 0.3 is 0 Å². The van der Waals surface area contributed by atoms with Crippen molar-refractivity contribution in [3.05, 3.63) is 90.8 Å². The Balaban J connectivity index is 1.38. The second kappa shape index (κ2) is 7.75. The van der Waals surface area contributed by atoms with Gasteiger partial charge in [-0.05, 0) is 48.5 Å². The molecule has 0 aliphatic heterocycles. The van der Waals surface area contributed by atoms with Crippen LogP contribution in [0, 0.1) is 0 Å². The molecule has 0 aliphatic rings. The van der Waals surface area contributed by atoms with Crippen LogP contribution in [0.1, 0.15) is 10.4 Å². The lowest BCUT2D eigenvalue weighted by Gasteiger charge is -2.09. The molecule has 6 heteroatoms. The number of fused-ring (bicyclic) bond motifs is 1. The molecule has 0 unspecified atom stereocenters. The van der Waals surface area contributed by atoms with Crippen LogP contribution in [0.15, 0.2) is 85.2 Å². The van der Waals surface area contributed by atoms with E-state index in [2.05, 4.69) is 15.6 Å². The number of hydrogen-bond donors (Lipinski definition) is 2. The summed E-state index contributed by atoms with van der Waals surface area (Å²) in [6.07, 6.45) is 1.78. The maximum Gasteiger partial charge on any atom is 0.251 e. The van der Waals surface area contributed by atoms with E-state index in [0.29, 0.717) is 11.3 Å². The summed E-state index contributed by atoms with van der Waals surface area (Å²) >= 11 is 0. The van der Waals surface area contributed by atoms with E-state index in [-0.39, 0.29) is 18.4 Å². The molecule has 0 bridgehead atoms. The zero-order valence-electron chi connectivity index (χ0n) is 15.0. The van der Waals surface area contributed by atoms with Crippen LogP contribution in [0.3, 0.4) is 0 Å². The van der Waals surface area contributed by atoms with E-state index in [9.17, 15) is 9.59 Å². The van der Waals surface area contributed by atoms with Gasteiger partial charge in [0.05, 0.1) is 17.6 Å². The number of nitrogens with zero attached hydrogens (tertiary/aromatic N) is 2. The lowest BCUT2D eigenvalue weighted by atomic mass is 10.2. The fourth-order valence-electron chi connectivity index (χ4n) is 2.93. The molecule has 4 rings (SSSR count). The molecule has 6 nitrogen and oxygen atoms in total. The van der Waals surface area contributed by atoms with Gasteiger partial charge < -0.3 is 10.6 Å². The average Bonchev–Trinajstić information content (AvgIpc) is 3.17. The van der Waals surface area contributed by atoms with Crippen LogP contribution in [0.25, 0.3) is 16.7 Å². The van der Waals surface area contributed by atoms with Crippen molar-refractivity contribution in [2.75, 3.05) is 11.9 Å². The molecule has 2 amide bonds. The molecule has 0 saturated carbocycles. The Morgan fingerprint density at radius 1 is 0.857 bits per heavy atom. The Kier molecular flexibility index (Phi) is 4.84. The zero-order valence-corrected chi connectivity index (χ0v) is 15.0. The van der Waals surface area contributed by atoms with Gasteiger partial charge in [0.2, 0.25) is 5.91 Å². The summed E-state index contributed by atoms with van der Waals surface area (Å²) in [6, 6.07) is 24.1. The molecule has 138 valence electrons. The van der Waals surface area contributed by atoms with Crippen LogP contribution in [-0.2, 0) is 4.79 Å². The molecule has 0 atom stereocenters. The summed E-state index contributed by atoms with van der Waals surface area (Å²) in [7, 11) is 0. The highest BCUT2D eigenvalue weighted by atomic mass is 16.2. The van der Waals surface area contributed by atoms with Crippen molar-refractivity contribution in [3.63, 3.8) is 0 Å². The quantitative estimate of drug-likeness (QED) is 0.565. The minimum Gasteiger partial charge on any atom is -0.343 e. The second-order valence-corrected chi connectivity index (χ2v) is 6.25. The van der Waals surface area contributed by atoms with Crippen LogP contribution in [0.2, 0.25) is 0 Å². The smallest absolute Gasteiger partial charge is 0.251 e. The average molecular weight is 370 g/mol. The molecule has 4 aromatic rings. The highest BCUT2D eigenvalue weighted by Crippen LogP contribution is 2.19. The van der Waals surface area contributed by atoms with E-state index >= 15 is 0 Å². The summed E-state index contributed by atoms with van der Waals surface area (Å²) in [5.41, 5.74) is 4.07. The molecule has 1 aromatic heterocycles. The van der Waals surface area contributed by atoms with Crippen LogP contribution >= 0.6 is 0 Å². The van der Waals surface area contributed by atoms with E-state index in [0.717, 1.165) is 16.7 Å². The largest absolute Gasteiger partial charge is 0.343 e. The second-order valence-electron chi connectivity index (χ2n) is 6.25. The van der Waals surface area contributed by atoms with Crippen molar-refractivity contribution in [1.82, 2.24) is 14.9 Å². The van der Waals surface area contributed by atoms with Crippen molar-refractivity contribution in [2.24, 2.45) is 0 Å². The minimum atomic E-state index is -0.287. The van der Waals surface area contributed by atoms with Gasteiger partial charge in [-0.2, -0.15) is 0 Å². The number of rotatable bonds is 5. The highest BCUT2D eigenvalue weighted by Gasteiger charge is 2.08.